The second-order valence-corrected chi connectivity index (χ2v) is 7.02. The summed E-state index contributed by atoms with van der Waals surface area (Å²) in [5.74, 6) is 1.57. The van der Waals surface area contributed by atoms with Gasteiger partial charge < -0.3 is 10.2 Å². The highest BCUT2D eigenvalue weighted by Gasteiger charge is 2.23. The normalized spacial score (nSPS) is 15.6. The molecule has 1 amide bonds. The summed E-state index contributed by atoms with van der Waals surface area (Å²) in [5.41, 5.74) is 0.671. The van der Waals surface area contributed by atoms with E-state index in [1.807, 2.05) is 40.2 Å². The number of anilines is 1. The highest BCUT2D eigenvalue weighted by molar-refractivity contribution is 5.94. The van der Waals surface area contributed by atoms with Crippen molar-refractivity contribution in [2.24, 2.45) is 5.92 Å². The van der Waals surface area contributed by atoms with Crippen molar-refractivity contribution in [3.05, 3.63) is 42.4 Å². The summed E-state index contributed by atoms with van der Waals surface area (Å²) >= 11 is 0. The third kappa shape index (κ3) is 4.81. The van der Waals surface area contributed by atoms with Crippen LogP contribution in [0.3, 0.4) is 0 Å². The molecule has 25 heavy (non-hydrogen) atoms. The highest BCUT2D eigenvalue weighted by Crippen LogP contribution is 2.22. The van der Waals surface area contributed by atoms with Crippen molar-refractivity contribution in [3.8, 4) is 0 Å². The molecule has 1 aliphatic rings. The van der Waals surface area contributed by atoms with Gasteiger partial charge in [0.1, 0.15) is 5.82 Å². The second kappa shape index (κ2) is 8.14. The lowest BCUT2D eigenvalue weighted by molar-refractivity contribution is 0.0684. The minimum absolute atomic E-state index is 0.0918. The predicted octanol–water partition coefficient (Wildman–Crippen LogP) is 3.04. The number of carbonyl (C=O) groups is 1. The fraction of sp³-hybridized carbons (Fsp3) is 0.526. The molecular formula is C19H27N5O. The number of aryl methyl sites for hydroxylation is 1. The number of nitrogens with zero attached hydrogens (tertiary/aromatic N) is 4. The first kappa shape index (κ1) is 17.5. The quantitative estimate of drug-likeness (QED) is 0.877. The number of carbonyl (C=O) groups excluding carboxylic acids is 1. The molecular weight excluding hydrogens is 314 g/mol. The molecule has 1 saturated heterocycles. The molecule has 1 fully saturated rings. The summed E-state index contributed by atoms with van der Waals surface area (Å²) in [5, 5.41) is 7.49. The molecule has 0 saturated carbocycles. The van der Waals surface area contributed by atoms with E-state index in [1.165, 1.54) is 0 Å². The zero-order chi connectivity index (χ0) is 17.6. The summed E-state index contributed by atoms with van der Waals surface area (Å²) in [6.07, 6.45) is 8.75. The molecule has 1 aliphatic heterocycles. The van der Waals surface area contributed by atoms with E-state index >= 15 is 0 Å². The number of piperidine rings is 1. The molecule has 0 radical (unpaired) electrons. The van der Waals surface area contributed by atoms with Gasteiger partial charge in [-0.05, 0) is 57.2 Å². The maximum Gasteiger partial charge on any atom is 0.255 e. The van der Waals surface area contributed by atoms with E-state index in [2.05, 4.69) is 29.2 Å². The fourth-order valence-electron chi connectivity index (χ4n) is 3.26. The van der Waals surface area contributed by atoms with Gasteiger partial charge in [0.15, 0.2) is 0 Å². The molecule has 2 aromatic rings. The molecule has 0 aromatic carbocycles. The van der Waals surface area contributed by atoms with Crippen molar-refractivity contribution in [2.75, 3.05) is 18.4 Å². The molecule has 0 aliphatic carbocycles. The molecule has 0 atom stereocenters. The van der Waals surface area contributed by atoms with Crippen LogP contribution in [-0.2, 0) is 6.54 Å². The number of nitrogens with one attached hydrogen (secondary N) is 1. The number of hydrogen-bond donors (Lipinski definition) is 1. The van der Waals surface area contributed by atoms with Gasteiger partial charge in [-0.3, -0.25) is 9.48 Å². The van der Waals surface area contributed by atoms with Crippen LogP contribution in [0.25, 0.3) is 0 Å². The third-order valence-corrected chi connectivity index (χ3v) is 4.67. The van der Waals surface area contributed by atoms with E-state index in [9.17, 15) is 4.79 Å². The number of amides is 1. The Morgan fingerprint density at radius 3 is 2.72 bits per heavy atom. The summed E-state index contributed by atoms with van der Waals surface area (Å²) in [7, 11) is 0. The third-order valence-electron chi connectivity index (χ3n) is 4.67. The van der Waals surface area contributed by atoms with E-state index < -0.39 is 0 Å². The van der Waals surface area contributed by atoms with Gasteiger partial charge in [0, 0.05) is 44.3 Å². The maximum atomic E-state index is 12.6. The topological polar surface area (TPSA) is 63.1 Å². The smallest absolute Gasteiger partial charge is 0.255 e. The van der Waals surface area contributed by atoms with Gasteiger partial charge in [-0.1, -0.05) is 0 Å². The second-order valence-electron chi connectivity index (χ2n) is 7.02. The van der Waals surface area contributed by atoms with Crippen molar-refractivity contribution in [2.45, 2.75) is 45.7 Å². The van der Waals surface area contributed by atoms with E-state index in [0.717, 1.165) is 44.7 Å². The SMILES string of the molecule is CC(C)Nc1ccc(C(=O)N2CCC(CCn3cccn3)CC2)cn1. The lowest BCUT2D eigenvalue weighted by atomic mass is 9.93. The van der Waals surface area contributed by atoms with Gasteiger partial charge in [-0.25, -0.2) is 4.98 Å². The molecule has 1 N–H and O–H groups in total. The van der Waals surface area contributed by atoms with Crippen molar-refractivity contribution in [1.82, 2.24) is 19.7 Å². The molecule has 6 nitrogen and oxygen atoms in total. The van der Waals surface area contributed by atoms with Crippen LogP contribution < -0.4 is 5.32 Å². The molecule has 2 aromatic heterocycles. The monoisotopic (exact) mass is 341 g/mol. The Balaban J connectivity index is 1.47. The van der Waals surface area contributed by atoms with Crippen molar-refractivity contribution in [3.63, 3.8) is 0 Å². The van der Waals surface area contributed by atoms with Crippen molar-refractivity contribution < 1.29 is 4.79 Å². The molecule has 0 unspecified atom stereocenters. The van der Waals surface area contributed by atoms with E-state index in [4.69, 9.17) is 0 Å². The molecule has 0 spiro atoms. The summed E-state index contributed by atoms with van der Waals surface area (Å²) in [4.78, 5) is 18.9. The van der Waals surface area contributed by atoms with Crippen LogP contribution in [0.4, 0.5) is 5.82 Å². The molecule has 6 heteroatoms. The van der Waals surface area contributed by atoms with Crippen molar-refractivity contribution in [1.29, 1.82) is 0 Å². The zero-order valence-electron chi connectivity index (χ0n) is 15.1. The minimum Gasteiger partial charge on any atom is -0.368 e. The summed E-state index contributed by atoms with van der Waals surface area (Å²) in [6.45, 7) is 6.75. The van der Waals surface area contributed by atoms with E-state index in [-0.39, 0.29) is 5.91 Å². The van der Waals surface area contributed by atoms with Gasteiger partial charge in [-0.2, -0.15) is 5.10 Å². The Bertz CT molecular complexity index is 658. The number of pyridine rings is 1. The minimum atomic E-state index is 0.0918. The first-order chi connectivity index (χ1) is 12.1. The van der Waals surface area contributed by atoms with E-state index in [0.29, 0.717) is 17.5 Å². The van der Waals surface area contributed by atoms with Crippen LogP contribution in [-0.4, -0.2) is 44.7 Å². The lowest BCUT2D eigenvalue weighted by Gasteiger charge is -2.32. The Kier molecular flexibility index (Phi) is 5.68. The van der Waals surface area contributed by atoms with Gasteiger partial charge in [0.25, 0.3) is 5.91 Å². The summed E-state index contributed by atoms with van der Waals surface area (Å²) < 4.78 is 1.98. The Morgan fingerprint density at radius 2 is 2.12 bits per heavy atom. The van der Waals surface area contributed by atoms with Gasteiger partial charge >= 0.3 is 0 Å². The number of likely N-dealkylation sites (tertiary alicyclic amines) is 1. The number of aromatic nitrogens is 3. The van der Waals surface area contributed by atoms with Gasteiger partial charge in [0.05, 0.1) is 5.56 Å². The van der Waals surface area contributed by atoms with Gasteiger partial charge in [-0.15, -0.1) is 0 Å². The molecule has 3 heterocycles. The Hall–Kier alpha value is -2.37. The molecule has 3 rings (SSSR count). The predicted molar refractivity (Wildman–Crippen MR) is 98.5 cm³/mol. The van der Waals surface area contributed by atoms with Crippen LogP contribution >= 0.6 is 0 Å². The van der Waals surface area contributed by atoms with Crippen LogP contribution in [0, 0.1) is 5.92 Å². The Labute approximate surface area is 149 Å². The Morgan fingerprint density at radius 1 is 1.32 bits per heavy atom. The molecule has 0 bridgehead atoms. The number of hydrogen-bond acceptors (Lipinski definition) is 4. The first-order valence-corrected chi connectivity index (χ1v) is 9.11. The average Bonchev–Trinajstić information content (AvgIpc) is 3.13. The van der Waals surface area contributed by atoms with Crippen LogP contribution in [0.1, 0.15) is 43.5 Å². The standard InChI is InChI=1S/C19H27N5O/c1-15(2)22-18-5-4-17(14-20-18)19(25)23-11-6-16(7-12-23)8-13-24-10-3-9-21-24/h3-5,9-10,14-16H,6-8,11-13H2,1-2H3,(H,20,22). The fourth-order valence-corrected chi connectivity index (χ4v) is 3.26. The maximum absolute atomic E-state index is 12.6. The van der Waals surface area contributed by atoms with Crippen LogP contribution in [0.5, 0.6) is 0 Å². The number of rotatable bonds is 6. The highest BCUT2D eigenvalue weighted by atomic mass is 16.2. The first-order valence-electron chi connectivity index (χ1n) is 9.11. The average molecular weight is 341 g/mol. The van der Waals surface area contributed by atoms with E-state index in [1.54, 1.807) is 6.20 Å². The lowest BCUT2D eigenvalue weighted by Crippen LogP contribution is -2.38. The largest absolute Gasteiger partial charge is 0.368 e. The van der Waals surface area contributed by atoms with Gasteiger partial charge in [0.2, 0.25) is 0 Å². The summed E-state index contributed by atoms with van der Waals surface area (Å²) in [6, 6.07) is 6.03. The zero-order valence-corrected chi connectivity index (χ0v) is 15.1. The van der Waals surface area contributed by atoms with Crippen LogP contribution in [0.15, 0.2) is 36.8 Å². The van der Waals surface area contributed by atoms with Crippen LogP contribution in [0.2, 0.25) is 0 Å². The molecule has 134 valence electrons. The van der Waals surface area contributed by atoms with Crippen molar-refractivity contribution >= 4 is 11.7 Å².